The second-order valence-electron chi connectivity index (χ2n) is 4.93. The Hall–Kier alpha value is -1.22. The van der Waals surface area contributed by atoms with E-state index in [-0.39, 0.29) is 0 Å². The minimum atomic E-state index is 0.726. The highest BCUT2D eigenvalue weighted by atomic mass is 16.5. The summed E-state index contributed by atoms with van der Waals surface area (Å²) in [6, 6.07) is 8.44. The molecule has 3 nitrogen and oxygen atoms in total. The number of benzene rings is 1. The van der Waals surface area contributed by atoms with Crippen molar-refractivity contribution < 1.29 is 4.74 Å². The zero-order valence-electron chi connectivity index (χ0n) is 11.3. The number of ether oxygens (including phenoxy) is 1. The third-order valence-corrected chi connectivity index (χ3v) is 3.70. The van der Waals surface area contributed by atoms with Crippen molar-refractivity contribution in [1.82, 2.24) is 0 Å². The number of nitrogens with zero attached hydrogens (tertiary/aromatic N) is 1. The van der Waals surface area contributed by atoms with Gasteiger partial charge >= 0.3 is 0 Å². The molecule has 0 bridgehead atoms. The van der Waals surface area contributed by atoms with Gasteiger partial charge in [0.1, 0.15) is 5.75 Å². The molecule has 0 atom stereocenters. The van der Waals surface area contributed by atoms with E-state index < -0.39 is 0 Å². The summed E-state index contributed by atoms with van der Waals surface area (Å²) in [5, 5.41) is 0. The van der Waals surface area contributed by atoms with Crippen molar-refractivity contribution in [3.8, 4) is 5.75 Å². The maximum absolute atomic E-state index is 5.62. The number of nitrogens with two attached hydrogens (primary N) is 1. The summed E-state index contributed by atoms with van der Waals surface area (Å²) < 4.78 is 5.46. The molecular formula is C15H24N2O. The van der Waals surface area contributed by atoms with Crippen LogP contribution in [0.1, 0.15) is 26.2 Å². The Morgan fingerprint density at radius 2 is 1.89 bits per heavy atom. The highest BCUT2D eigenvalue weighted by Gasteiger charge is 2.18. The number of hydrogen-bond donors (Lipinski definition) is 1. The topological polar surface area (TPSA) is 38.5 Å². The molecule has 1 saturated heterocycles. The molecule has 2 N–H and O–H groups in total. The first-order valence-corrected chi connectivity index (χ1v) is 7.01. The first-order chi connectivity index (χ1) is 8.83. The monoisotopic (exact) mass is 248 g/mol. The van der Waals surface area contributed by atoms with E-state index in [1.54, 1.807) is 0 Å². The number of rotatable bonds is 5. The van der Waals surface area contributed by atoms with Gasteiger partial charge < -0.3 is 15.4 Å². The zero-order chi connectivity index (χ0) is 12.8. The molecule has 0 aromatic heterocycles. The zero-order valence-corrected chi connectivity index (χ0v) is 11.3. The molecule has 0 radical (unpaired) electrons. The fourth-order valence-corrected chi connectivity index (χ4v) is 2.64. The summed E-state index contributed by atoms with van der Waals surface area (Å²) in [4.78, 5) is 2.46. The van der Waals surface area contributed by atoms with Crippen LogP contribution < -0.4 is 15.4 Å². The Morgan fingerprint density at radius 1 is 1.22 bits per heavy atom. The summed E-state index contributed by atoms with van der Waals surface area (Å²) in [6.45, 7) is 5.87. The second-order valence-corrected chi connectivity index (χ2v) is 4.93. The van der Waals surface area contributed by atoms with Gasteiger partial charge in [-0.3, -0.25) is 0 Å². The Kier molecular flexibility index (Phi) is 4.88. The standard InChI is InChI=1S/C15H24N2O/c1-2-18-15-5-3-14(4-6-15)17-11-8-13(7-10-16)9-12-17/h3-6,13H,2,7-12,16H2,1H3. The Bertz CT molecular complexity index is 342. The molecule has 1 aliphatic rings. The fourth-order valence-electron chi connectivity index (χ4n) is 2.64. The molecule has 0 spiro atoms. The predicted molar refractivity (Wildman–Crippen MR) is 76.2 cm³/mol. The lowest BCUT2D eigenvalue weighted by Crippen LogP contribution is -2.34. The van der Waals surface area contributed by atoms with Gasteiger partial charge in [0.25, 0.3) is 0 Å². The van der Waals surface area contributed by atoms with Crippen molar-refractivity contribution in [3.05, 3.63) is 24.3 Å². The van der Waals surface area contributed by atoms with Gasteiger partial charge in [-0.2, -0.15) is 0 Å². The van der Waals surface area contributed by atoms with Crippen LogP contribution in [-0.4, -0.2) is 26.2 Å². The Morgan fingerprint density at radius 3 is 2.44 bits per heavy atom. The van der Waals surface area contributed by atoms with E-state index in [0.29, 0.717) is 0 Å². The SMILES string of the molecule is CCOc1ccc(N2CCC(CCN)CC2)cc1. The molecular weight excluding hydrogens is 224 g/mol. The van der Waals surface area contributed by atoms with Crippen LogP contribution >= 0.6 is 0 Å². The van der Waals surface area contributed by atoms with Gasteiger partial charge in [-0.05, 0) is 62.9 Å². The normalized spacial score (nSPS) is 16.9. The van der Waals surface area contributed by atoms with Crippen LogP contribution in [0.3, 0.4) is 0 Å². The summed E-state index contributed by atoms with van der Waals surface area (Å²) >= 11 is 0. The molecule has 0 unspecified atom stereocenters. The second kappa shape index (κ2) is 6.64. The highest BCUT2D eigenvalue weighted by molar-refractivity contribution is 5.49. The molecule has 1 heterocycles. The minimum absolute atomic E-state index is 0.726. The van der Waals surface area contributed by atoms with E-state index in [2.05, 4.69) is 29.2 Å². The molecule has 1 aromatic carbocycles. The third-order valence-electron chi connectivity index (χ3n) is 3.70. The van der Waals surface area contributed by atoms with E-state index in [4.69, 9.17) is 10.5 Å². The number of hydrogen-bond acceptors (Lipinski definition) is 3. The molecule has 3 heteroatoms. The smallest absolute Gasteiger partial charge is 0.119 e. The molecule has 1 fully saturated rings. The van der Waals surface area contributed by atoms with Gasteiger partial charge in [0, 0.05) is 18.8 Å². The van der Waals surface area contributed by atoms with E-state index in [1.165, 1.54) is 24.9 Å². The lowest BCUT2D eigenvalue weighted by Gasteiger charge is -2.33. The van der Waals surface area contributed by atoms with Crippen LogP contribution in [0.4, 0.5) is 5.69 Å². The molecule has 0 amide bonds. The summed E-state index contributed by atoms with van der Waals surface area (Å²) in [5.41, 5.74) is 6.93. The quantitative estimate of drug-likeness (QED) is 0.870. The molecule has 1 aromatic rings. The van der Waals surface area contributed by atoms with Gasteiger partial charge in [-0.1, -0.05) is 0 Å². The van der Waals surface area contributed by atoms with Crippen LogP contribution in [0.5, 0.6) is 5.75 Å². The van der Waals surface area contributed by atoms with Crippen LogP contribution in [0, 0.1) is 5.92 Å². The molecule has 0 aliphatic carbocycles. The summed E-state index contributed by atoms with van der Waals surface area (Å²) in [5.74, 6) is 1.79. The van der Waals surface area contributed by atoms with Crippen molar-refractivity contribution in [1.29, 1.82) is 0 Å². The van der Waals surface area contributed by atoms with Gasteiger partial charge in [-0.25, -0.2) is 0 Å². The van der Waals surface area contributed by atoms with Crippen molar-refractivity contribution in [2.45, 2.75) is 26.2 Å². The maximum atomic E-state index is 5.62. The minimum Gasteiger partial charge on any atom is -0.494 e. The van der Waals surface area contributed by atoms with Crippen LogP contribution in [0.15, 0.2) is 24.3 Å². The van der Waals surface area contributed by atoms with E-state index in [1.807, 2.05) is 6.92 Å². The first kappa shape index (κ1) is 13.2. The van der Waals surface area contributed by atoms with Crippen LogP contribution in [-0.2, 0) is 0 Å². The van der Waals surface area contributed by atoms with E-state index >= 15 is 0 Å². The first-order valence-electron chi connectivity index (χ1n) is 7.01. The van der Waals surface area contributed by atoms with Gasteiger partial charge in [0.2, 0.25) is 0 Å². The average Bonchev–Trinajstić information content (AvgIpc) is 2.41. The lowest BCUT2D eigenvalue weighted by atomic mass is 9.93. The molecule has 100 valence electrons. The molecule has 0 saturated carbocycles. The Labute approximate surface area is 110 Å². The predicted octanol–water partition coefficient (Wildman–Crippen LogP) is 2.65. The van der Waals surface area contributed by atoms with Crippen molar-refractivity contribution >= 4 is 5.69 Å². The Balaban J connectivity index is 1.89. The van der Waals surface area contributed by atoms with E-state index in [9.17, 15) is 0 Å². The highest BCUT2D eigenvalue weighted by Crippen LogP contribution is 2.26. The van der Waals surface area contributed by atoms with Crippen molar-refractivity contribution in [3.63, 3.8) is 0 Å². The number of piperidine rings is 1. The van der Waals surface area contributed by atoms with E-state index in [0.717, 1.165) is 37.9 Å². The summed E-state index contributed by atoms with van der Waals surface area (Å²) in [7, 11) is 0. The average molecular weight is 248 g/mol. The largest absolute Gasteiger partial charge is 0.494 e. The van der Waals surface area contributed by atoms with Gasteiger partial charge in [0.15, 0.2) is 0 Å². The number of anilines is 1. The van der Waals surface area contributed by atoms with Crippen molar-refractivity contribution in [2.24, 2.45) is 11.7 Å². The van der Waals surface area contributed by atoms with Gasteiger partial charge in [-0.15, -0.1) is 0 Å². The summed E-state index contributed by atoms with van der Waals surface area (Å²) in [6.07, 6.45) is 3.71. The molecule has 18 heavy (non-hydrogen) atoms. The van der Waals surface area contributed by atoms with Gasteiger partial charge in [0.05, 0.1) is 6.61 Å². The van der Waals surface area contributed by atoms with Crippen LogP contribution in [0.25, 0.3) is 0 Å². The van der Waals surface area contributed by atoms with Crippen LogP contribution in [0.2, 0.25) is 0 Å². The van der Waals surface area contributed by atoms with Crippen molar-refractivity contribution in [2.75, 3.05) is 31.1 Å². The lowest BCUT2D eigenvalue weighted by molar-refractivity contribution is 0.340. The third kappa shape index (κ3) is 3.39. The molecule has 2 rings (SSSR count). The fraction of sp³-hybridized carbons (Fsp3) is 0.600. The maximum Gasteiger partial charge on any atom is 0.119 e. The molecule has 1 aliphatic heterocycles.